The van der Waals surface area contributed by atoms with Gasteiger partial charge in [-0.3, -0.25) is 0 Å². The molecule has 1 aromatic heterocycles. The molecule has 3 N–H and O–H groups in total. The Kier molecular flexibility index (Phi) is 2.87. The Morgan fingerprint density at radius 3 is 2.87 bits per heavy atom. The molecule has 0 aliphatic carbocycles. The van der Waals surface area contributed by atoms with Gasteiger partial charge in [0.25, 0.3) is 0 Å². The number of nitrogen functional groups attached to an aromatic ring is 1. The van der Waals surface area contributed by atoms with Gasteiger partial charge in [-0.25, -0.2) is 4.39 Å². The second kappa shape index (κ2) is 4.31. The molecule has 2 rings (SSSR count). The van der Waals surface area contributed by atoms with E-state index >= 15 is 0 Å². The zero-order chi connectivity index (χ0) is 10.7. The van der Waals surface area contributed by atoms with Crippen LogP contribution >= 0.6 is 11.3 Å². The van der Waals surface area contributed by atoms with E-state index in [1.807, 2.05) is 16.8 Å². The highest BCUT2D eigenvalue weighted by atomic mass is 32.1. The van der Waals surface area contributed by atoms with Crippen LogP contribution in [0.4, 0.5) is 15.8 Å². The van der Waals surface area contributed by atoms with Crippen molar-refractivity contribution in [2.24, 2.45) is 0 Å². The van der Waals surface area contributed by atoms with Crippen LogP contribution in [0.25, 0.3) is 0 Å². The van der Waals surface area contributed by atoms with Gasteiger partial charge in [0.05, 0.1) is 5.69 Å². The van der Waals surface area contributed by atoms with Crippen molar-refractivity contribution in [1.82, 2.24) is 0 Å². The van der Waals surface area contributed by atoms with Crippen molar-refractivity contribution in [3.05, 3.63) is 46.4 Å². The average Bonchev–Trinajstić information content (AvgIpc) is 2.69. The van der Waals surface area contributed by atoms with Gasteiger partial charge in [0.15, 0.2) is 0 Å². The molecule has 0 unspecified atom stereocenters. The molecule has 15 heavy (non-hydrogen) atoms. The fourth-order valence-electron chi connectivity index (χ4n) is 1.27. The zero-order valence-corrected chi connectivity index (χ0v) is 8.85. The third-order valence-electron chi connectivity index (χ3n) is 2.06. The molecule has 0 atom stereocenters. The van der Waals surface area contributed by atoms with Gasteiger partial charge >= 0.3 is 0 Å². The molecule has 0 amide bonds. The Hall–Kier alpha value is -1.55. The molecule has 0 aliphatic rings. The average molecular weight is 222 g/mol. The van der Waals surface area contributed by atoms with Crippen LogP contribution in [-0.4, -0.2) is 0 Å². The van der Waals surface area contributed by atoms with Crippen LogP contribution < -0.4 is 11.1 Å². The van der Waals surface area contributed by atoms with Crippen LogP contribution in [-0.2, 0) is 6.54 Å². The molecule has 1 aromatic carbocycles. The van der Waals surface area contributed by atoms with Crippen molar-refractivity contribution < 1.29 is 4.39 Å². The summed E-state index contributed by atoms with van der Waals surface area (Å²) in [6, 6.07) is 6.65. The molecule has 2 aromatic rings. The van der Waals surface area contributed by atoms with Gasteiger partial charge in [0.1, 0.15) is 5.82 Å². The van der Waals surface area contributed by atoms with Gasteiger partial charge in [-0.05, 0) is 40.6 Å². The summed E-state index contributed by atoms with van der Waals surface area (Å²) >= 11 is 1.63. The standard InChI is InChI=1S/C11H11FN2S/c12-10-5-9(13)1-2-11(10)14-6-8-3-4-15-7-8/h1-5,7,14H,6,13H2. The van der Waals surface area contributed by atoms with Crippen molar-refractivity contribution >= 4 is 22.7 Å². The molecule has 0 aliphatic heterocycles. The molecule has 0 spiro atoms. The predicted octanol–water partition coefficient (Wildman–Crippen LogP) is 3.08. The van der Waals surface area contributed by atoms with Gasteiger partial charge < -0.3 is 11.1 Å². The Bertz CT molecular complexity index is 440. The number of hydrogen-bond acceptors (Lipinski definition) is 3. The maximum atomic E-state index is 13.3. The van der Waals surface area contributed by atoms with E-state index in [1.54, 1.807) is 23.5 Å². The molecule has 0 fully saturated rings. The number of halogens is 1. The van der Waals surface area contributed by atoms with Crippen molar-refractivity contribution in [1.29, 1.82) is 0 Å². The Morgan fingerprint density at radius 2 is 2.20 bits per heavy atom. The molecular weight excluding hydrogens is 211 g/mol. The summed E-state index contributed by atoms with van der Waals surface area (Å²) in [5, 5.41) is 7.05. The number of hydrogen-bond donors (Lipinski definition) is 2. The van der Waals surface area contributed by atoms with E-state index in [1.165, 1.54) is 6.07 Å². The van der Waals surface area contributed by atoms with Crippen LogP contribution in [0.1, 0.15) is 5.56 Å². The third kappa shape index (κ3) is 2.47. The van der Waals surface area contributed by atoms with E-state index in [4.69, 9.17) is 5.73 Å². The molecular formula is C11H11FN2S. The first kappa shape index (κ1) is 9.98. The lowest BCUT2D eigenvalue weighted by Crippen LogP contribution is -2.00. The smallest absolute Gasteiger partial charge is 0.148 e. The Morgan fingerprint density at radius 1 is 1.33 bits per heavy atom. The molecule has 0 bridgehead atoms. The van der Waals surface area contributed by atoms with Crippen molar-refractivity contribution in [2.45, 2.75) is 6.54 Å². The van der Waals surface area contributed by atoms with Crippen molar-refractivity contribution in [2.75, 3.05) is 11.1 Å². The van der Waals surface area contributed by atoms with Gasteiger partial charge in [0.2, 0.25) is 0 Å². The van der Waals surface area contributed by atoms with E-state index < -0.39 is 0 Å². The predicted molar refractivity (Wildman–Crippen MR) is 62.5 cm³/mol. The summed E-state index contributed by atoms with van der Waals surface area (Å²) in [7, 11) is 0. The van der Waals surface area contributed by atoms with Crippen LogP contribution in [0, 0.1) is 5.82 Å². The molecule has 1 heterocycles. The number of anilines is 2. The monoisotopic (exact) mass is 222 g/mol. The lowest BCUT2D eigenvalue weighted by Gasteiger charge is -2.06. The number of benzene rings is 1. The summed E-state index contributed by atoms with van der Waals surface area (Å²) in [4.78, 5) is 0. The van der Waals surface area contributed by atoms with Gasteiger partial charge in [-0.1, -0.05) is 0 Å². The minimum atomic E-state index is -0.315. The Balaban J connectivity index is 2.05. The number of nitrogens with one attached hydrogen (secondary N) is 1. The fraction of sp³-hybridized carbons (Fsp3) is 0.0909. The van der Waals surface area contributed by atoms with Crippen LogP contribution in [0.3, 0.4) is 0 Å². The van der Waals surface area contributed by atoms with Crippen LogP contribution in [0.15, 0.2) is 35.0 Å². The summed E-state index contributed by atoms with van der Waals surface area (Å²) in [6.07, 6.45) is 0. The molecule has 2 nitrogen and oxygen atoms in total. The second-order valence-electron chi connectivity index (χ2n) is 3.22. The lowest BCUT2D eigenvalue weighted by molar-refractivity contribution is 0.631. The van der Waals surface area contributed by atoms with Crippen LogP contribution in [0.5, 0.6) is 0 Å². The maximum absolute atomic E-state index is 13.3. The van der Waals surface area contributed by atoms with Crippen molar-refractivity contribution in [3.8, 4) is 0 Å². The Labute approximate surface area is 91.5 Å². The number of nitrogens with two attached hydrogens (primary N) is 1. The zero-order valence-electron chi connectivity index (χ0n) is 8.03. The fourth-order valence-corrected chi connectivity index (χ4v) is 1.93. The van der Waals surface area contributed by atoms with E-state index in [0.29, 0.717) is 17.9 Å². The number of rotatable bonds is 3. The lowest BCUT2D eigenvalue weighted by atomic mass is 10.2. The summed E-state index contributed by atoms with van der Waals surface area (Å²) in [5.74, 6) is -0.315. The van der Waals surface area contributed by atoms with E-state index in [9.17, 15) is 4.39 Å². The highest BCUT2D eigenvalue weighted by Crippen LogP contribution is 2.18. The maximum Gasteiger partial charge on any atom is 0.148 e. The normalized spacial score (nSPS) is 10.2. The van der Waals surface area contributed by atoms with Crippen LogP contribution in [0.2, 0.25) is 0 Å². The largest absolute Gasteiger partial charge is 0.399 e. The van der Waals surface area contributed by atoms with E-state index in [2.05, 4.69) is 5.32 Å². The summed E-state index contributed by atoms with van der Waals surface area (Å²) in [5.41, 5.74) is 7.52. The van der Waals surface area contributed by atoms with Gasteiger partial charge in [-0.15, -0.1) is 0 Å². The summed E-state index contributed by atoms with van der Waals surface area (Å²) < 4.78 is 13.3. The molecule has 0 saturated carbocycles. The first-order valence-electron chi connectivity index (χ1n) is 4.55. The minimum Gasteiger partial charge on any atom is -0.399 e. The quantitative estimate of drug-likeness (QED) is 0.783. The molecule has 4 heteroatoms. The van der Waals surface area contributed by atoms with Gasteiger partial charge in [-0.2, -0.15) is 11.3 Å². The summed E-state index contributed by atoms with van der Waals surface area (Å²) in [6.45, 7) is 0.629. The third-order valence-corrected chi connectivity index (χ3v) is 2.79. The van der Waals surface area contributed by atoms with E-state index in [0.717, 1.165) is 5.56 Å². The first-order valence-corrected chi connectivity index (χ1v) is 5.50. The SMILES string of the molecule is Nc1ccc(NCc2ccsc2)c(F)c1. The second-order valence-corrected chi connectivity index (χ2v) is 4.00. The number of thiophene rings is 1. The highest BCUT2D eigenvalue weighted by molar-refractivity contribution is 7.07. The first-order chi connectivity index (χ1) is 7.25. The molecule has 78 valence electrons. The topological polar surface area (TPSA) is 38.0 Å². The minimum absolute atomic E-state index is 0.315. The van der Waals surface area contributed by atoms with Gasteiger partial charge in [0, 0.05) is 12.2 Å². The molecule has 0 radical (unpaired) electrons. The highest BCUT2D eigenvalue weighted by Gasteiger charge is 2.01. The van der Waals surface area contributed by atoms with Crippen molar-refractivity contribution in [3.63, 3.8) is 0 Å². The molecule has 0 saturated heterocycles. The van der Waals surface area contributed by atoms with E-state index in [-0.39, 0.29) is 5.82 Å².